The molecule has 1 saturated carbocycles. The Hall–Kier alpha value is -3.48. The minimum Gasteiger partial charge on any atom is -0.350 e. The first kappa shape index (κ1) is 20.8. The number of halogens is 1. The molecule has 1 aliphatic carbocycles. The van der Waals surface area contributed by atoms with Crippen molar-refractivity contribution in [2.24, 2.45) is 0 Å². The maximum Gasteiger partial charge on any atom is 0.252 e. The van der Waals surface area contributed by atoms with Crippen molar-refractivity contribution in [2.75, 3.05) is 18.0 Å². The van der Waals surface area contributed by atoms with Crippen LogP contribution in [0.5, 0.6) is 0 Å². The Morgan fingerprint density at radius 2 is 1.87 bits per heavy atom. The number of nitrogens with one attached hydrogen (secondary N) is 2. The Kier molecular flexibility index (Phi) is 6.11. The topological polar surface area (TPSA) is 74.3 Å². The molecule has 2 aromatic carbocycles. The monoisotopic (exact) mass is 420 g/mol. The first-order valence-corrected chi connectivity index (χ1v) is 10.5. The number of pyridine rings is 1. The van der Waals surface area contributed by atoms with Crippen LogP contribution in [0.3, 0.4) is 0 Å². The fourth-order valence-corrected chi connectivity index (χ4v) is 3.39. The average molecular weight is 420 g/mol. The third-order valence-corrected chi connectivity index (χ3v) is 5.30. The first-order valence-electron chi connectivity index (χ1n) is 10.5. The van der Waals surface area contributed by atoms with E-state index in [1.54, 1.807) is 18.2 Å². The molecule has 4 rings (SSSR count). The summed E-state index contributed by atoms with van der Waals surface area (Å²) in [6, 6.07) is 15.6. The number of aromatic nitrogens is 1. The minimum absolute atomic E-state index is 0.104. The van der Waals surface area contributed by atoms with E-state index in [1.165, 1.54) is 12.1 Å². The van der Waals surface area contributed by atoms with E-state index >= 15 is 0 Å². The summed E-state index contributed by atoms with van der Waals surface area (Å²) in [5, 5.41) is 6.68. The van der Waals surface area contributed by atoms with Crippen molar-refractivity contribution < 1.29 is 14.0 Å². The Labute approximate surface area is 180 Å². The molecule has 1 fully saturated rings. The van der Waals surface area contributed by atoms with E-state index in [9.17, 15) is 14.0 Å². The van der Waals surface area contributed by atoms with Gasteiger partial charge in [-0.15, -0.1) is 0 Å². The number of carbonyl (C=O) groups is 2. The maximum atomic E-state index is 13.0. The fraction of sp³-hybridized carbons (Fsp3) is 0.292. The Balaban J connectivity index is 1.51. The molecular formula is C24H25FN4O2. The third kappa shape index (κ3) is 5.17. The lowest BCUT2D eigenvalue weighted by Gasteiger charge is -2.23. The van der Waals surface area contributed by atoms with E-state index in [1.807, 2.05) is 36.1 Å². The van der Waals surface area contributed by atoms with Gasteiger partial charge in [-0.25, -0.2) is 9.37 Å². The largest absolute Gasteiger partial charge is 0.350 e. The van der Waals surface area contributed by atoms with Crippen molar-refractivity contribution in [3.8, 4) is 0 Å². The highest BCUT2D eigenvalue weighted by atomic mass is 19.1. The number of benzene rings is 2. The van der Waals surface area contributed by atoms with Crippen LogP contribution in [0.4, 0.5) is 10.2 Å². The van der Waals surface area contributed by atoms with Gasteiger partial charge in [0, 0.05) is 24.5 Å². The van der Waals surface area contributed by atoms with E-state index in [0.29, 0.717) is 30.0 Å². The average Bonchev–Trinajstić information content (AvgIpc) is 3.60. The van der Waals surface area contributed by atoms with E-state index < -0.39 is 0 Å². The molecule has 7 heteroatoms. The molecular weight excluding hydrogens is 395 g/mol. The fourth-order valence-electron chi connectivity index (χ4n) is 3.39. The summed E-state index contributed by atoms with van der Waals surface area (Å²) in [5.74, 6) is -0.0144. The van der Waals surface area contributed by atoms with Gasteiger partial charge in [-0.05, 0) is 49.6 Å². The van der Waals surface area contributed by atoms with Crippen LogP contribution in [0, 0.1) is 5.82 Å². The van der Waals surface area contributed by atoms with Crippen molar-refractivity contribution in [2.45, 2.75) is 32.4 Å². The summed E-state index contributed by atoms with van der Waals surface area (Å²) >= 11 is 0. The zero-order chi connectivity index (χ0) is 21.8. The smallest absolute Gasteiger partial charge is 0.252 e. The quantitative estimate of drug-likeness (QED) is 0.586. The molecule has 6 nitrogen and oxygen atoms in total. The number of fused-ring (bicyclic) bond motifs is 1. The van der Waals surface area contributed by atoms with Crippen molar-refractivity contribution in [3.05, 3.63) is 71.5 Å². The van der Waals surface area contributed by atoms with Crippen molar-refractivity contribution >= 4 is 28.5 Å². The second-order valence-corrected chi connectivity index (χ2v) is 7.71. The number of amides is 2. The number of nitrogens with zero attached hydrogens (tertiary/aromatic N) is 2. The lowest BCUT2D eigenvalue weighted by molar-refractivity contribution is -0.119. The highest BCUT2D eigenvalue weighted by Gasteiger charge is 2.25. The number of para-hydroxylation sites is 1. The second kappa shape index (κ2) is 9.12. The molecule has 1 aliphatic rings. The van der Waals surface area contributed by atoms with E-state index in [4.69, 9.17) is 0 Å². The van der Waals surface area contributed by atoms with Crippen LogP contribution in [-0.2, 0) is 11.3 Å². The van der Waals surface area contributed by atoms with Crippen molar-refractivity contribution in [1.82, 2.24) is 15.6 Å². The maximum absolute atomic E-state index is 13.0. The van der Waals surface area contributed by atoms with Crippen LogP contribution in [0.25, 0.3) is 10.9 Å². The molecule has 0 spiro atoms. The third-order valence-electron chi connectivity index (χ3n) is 5.30. The molecule has 2 N–H and O–H groups in total. The zero-order valence-corrected chi connectivity index (χ0v) is 17.4. The molecule has 0 aliphatic heterocycles. The number of hydrogen-bond acceptors (Lipinski definition) is 4. The van der Waals surface area contributed by atoms with Crippen LogP contribution in [-0.4, -0.2) is 35.9 Å². The highest BCUT2D eigenvalue weighted by molar-refractivity contribution is 6.07. The number of hydrogen-bond donors (Lipinski definition) is 2. The van der Waals surface area contributed by atoms with Gasteiger partial charge in [-0.1, -0.05) is 30.3 Å². The summed E-state index contributed by atoms with van der Waals surface area (Å²) in [6.45, 7) is 2.91. The van der Waals surface area contributed by atoms with E-state index in [0.717, 1.165) is 23.8 Å². The molecule has 0 unspecified atom stereocenters. The number of likely N-dealkylation sites (N-methyl/N-ethyl adjacent to an activating group) is 1. The van der Waals surface area contributed by atoms with Crippen LogP contribution >= 0.6 is 0 Å². The second-order valence-electron chi connectivity index (χ2n) is 7.71. The van der Waals surface area contributed by atoms with E-state index in [2.05, 4.69) is 15.6 Å². The number of anilines is 1. The SMILES string of the molecule is CCN(CC(=O)NCc1ccc(F)cc1)c1cc(C(=O)NC2CC2)c2ccccc2n1. The van der Waals surface area contributed by atoms with E-state index in [-0.39, 0.29) is 30.2 Å². The van der Waals surface area contributed by atoms with Crippen LogP contribution in [0.1, 0.15) is 35.7 Å². The molecule has 0 saturated heterocycles. The molecule has 2 amide bonds. The molecule has 3 aromatic rings. The van der Waals surface area contributed by atoms with Gasteiger partial charge in [0.1, 0.15) is 11.6 Å². The standard InChI is InChI=1S/C24H25FN4O2/c1-2-29(15-23(30)26-14-16-7-9-17(25)10-8-16)22-13-20(24(31)27-18-11-12-18)19-5-3-4-6-21(19)28-22/h3-10,13,18H,2,11-12,14-15H2,1H3,(H,26,30)(H,27,31). The number of rotatable bonds is 8. The Bertz CT molecular complexity index is 1100. The molecule has 160 valence electrons. The van der Waals surface area contributed by atoms with Crippen molar-refractivity contribution in [1.29, 1.82) is 0 Å². The summed E-state index contributed by atoms with van der Waals surface area (Å²) in [5.41, 5.74) is 2.10. The van der Waals surface area contributed by atoms with Crippen LogP contribution in [0.2, 0.25) is 0 Å². The summed E-state index contributed by atoms with van der Waals surface area (Å²) in [4.78, 5) is 31.9. The predicted molar refractivity (Wildman–Crippen MR) is 118 cm³/mol. The summed E-state index contributed by atoms with van der Waals surface area (Å²) in [7, 11) is 0. The summed E-state index contributed by atoms with van der Waals surface area (Å²) < 4.78 is 13.0. The molecule has 31 heavy (non-hydrogen) atoms. The summed E-state index contributed by atoms with van der Waals surface area (Å²) in [6.07, 6.45) is 2.02. The van der Waals surface area contributed by atoms with Crippen LogP contribution in [0.15, 0.2) is 54.6 Å². The lowest BCUT2D eigenvalue weighted by Crippen LogP contribution is -2.37. The number of carbonyl (C=O) groups excluding carboxylic acids is 2. The van der Waals surface area contributed by atoms with Gasteiger partial charge in [0.05, 0.1) is 17.6 Å². The predicted octanol–water partition coefficient (Wildman–Crippen LogP) is 3.41. The van der Waals surface area contributed by atoms with Gasteiger partial charge in [0.15, 0.2) is 0 Å². The van der Waals surface area contributed by atoms with Gasteiger partial charge in [0.25, 0.3) is 5.91 Å². The Morgan fingerprint density at radius 3 is 2.58 bits per heavy atom. The van der Waals surface area contributed by atoms with Gasteiger partial charge < -0.3 is 15.5 Å². The van der Waals surface area contributed by atoms with Gasteiger partial charge in [-0.2, -0.15) is 0 Å². The van der Waals surface area contributed by atoms with Gasteiger partial charge in [0.2, 0.25) is 5.91 Å². The highest BCUT2D eigenvalue weighted by Crippen LogP contribution is 2.25. The lowest BCUT2D eigenvalue weighted by atomic mass is 10.1. The first-order chi connectivity index (χ1) is 15.0. The molecule has 1 heterocycles. The molecule has 0 atom stereocenters. The zero-order valence-electron chi connectivity index (χ0n) is 17.4. The van der Waals surface area contributed by atoms with Gasteiger partial charge >= 0.3 is 0 Å². The van der Waals surface area contributed by atoms with Crippen LogP contribution < -0.4 is 15.5 Å². The van der Waals surface area contributed by atoms with Crippen molar-refractivity contribution in [3.63, 3.8) is 0 Å². The molecule has 1 aromatic heterocycles. The van der Waals surface area contributed by atoms with Gasteiger partial charge in [-0.3, -0.25) is 9.59 Å². The Morgan fingerprint density at radius 1 is 1.13 bits per heavy atom. The molecule has 0 radical (unpaired) electrons. The minimum atomic E-state index is -0.309. The molecule has 0 bridgehead atoms. The normalized spacial score (nSPS) is 13.1.